The number of nitrogens with zero attached hydrogens (tertiary/aromatic N) is 1. The second-order valence-electron chi connectivity index (χ2n) is 3.61. The van der Waals surface area contributed by atoms with Crippen LogP contribution in [-0.4, -0.2) is 4.98 Å². The molecule has 4 heteroatoms. The molecule has 0 saturated carbocycles. The van der Waals surface area contributed by atoms with Crippen LogP contribution >= 0.6 is 23.7 Å². The smallest absolute Gasteiger partial charge is 0.124 e. The minimum absolute atomic E-state index is 0. The molecule has 2 N–H and O–H groups in total. The lowest BCUT2D eigenvalue weighted by molar-refractivity contribution is 1.48. The van der Waals surface area contributed by atoms with E-state index in [2.05, 4.69) is 11.1 Å². The fraction of sp³-hybridized carbons (Fsp3) is 0. The Morgan fingerprint density at radius 1 is 0.941 bits per heavy atom. The summed E-state index contributed by atoms with van der Waals surface area (Å²) in [6.07, 6.45) is 0. The average molecular weight is 263 g/mol. The lowest BCUT2D eigenvalue weighted by atomic mass is 10.2. The predicted octanol–water partition coefficient (Wildman–Crippen LogP) is 3.97. The number of fused-ring (bicyclic) bond motifs is 1. The van der Waals surface area contributed by atoms with Crippen LogP contribution in [0.5, 0.6) is 0 Å². The van der Waals surface area contributed by atoms with E-state index in [4.69, 9.17) is 5.73 Å². The van der Waals surface area contributed by atoms with Gasteiger partial charge in [-0.25, -0.2) is 4.98 Å². The van der Waals surface area contributed by atoms with Gasteiger partial charge in [0, 0.05) is 11.3 Å². The Kier molecular flexibility index (Phi) is 3.31. The van der Waals surface area contributed by atoms with E-state index < -0.39 is 0 Å². The Balaban J connectivity index is 0.00000108. The van der Waals surface area contributed by atoms with Crippen LogP contribution in [0.15, 0.2) is 48.5 Å². The molecule has 3 aromatic rings. The summed E-state index contributed by atoms with van der Waals surface area (Å²) in [5.41, 5.74) is 8.62. The van der Waals surface area contributed by atoms with Gasteiger partial charge in [-0.05, 0) is 36.4 Å². The number of hydrogen-bond donors (Lipinski definition) is 1. The second kappa shape index (κ2) is 4.73. The molecule has 0 atom stereocenters. The molecule has 1 aromatic heterocycles. The van der Waals surface area contributed by atoms with Gasteiger partial charge in [-0.15, -0.1) is 23.7 Å². The molecule has 0 fully saturated rings. The molecular formula is C13H11ClN2S. The Morgan fingerprint density at radius 2 is 1.65 bits per heavy atom. The molecule has 1 heterocycles. The minimum Gasteiger partial charge on any atom is -0.399 e. The van der Waals surface area contributed by atoms with Gasteiger partial charge < -0.3 is 5.73 Å². The van der Waals surface area contributed by atoms with Gasteiger partial charge in [0.15, 0.2) is 0 Å². The van der Waals surface area contributed by atoms with E-state index in [0.717, 1.165) is 21.8 Å². The number of nitrogen functional groups attached to an aromatic ring is 1. The van der Waals surface area contributed by atoms with Gasteiger partial charge in [0.1, 0.15) is 5.01 Å². The largest absolute Gasteiger partial charge is 0.399 e. The standard InChI is InChI=1S/C13H10N2S.ClH/c14-10-7-5-9(6-8-10)13-15-11-3-1-2-4-12(11)16-13;/h1-8H,14H2;1H. The number of para-hydroxylation sites is 1. The van der Waals surface area contributed by atoms with Gasteiger partial charge in [-0.1, -0.05) is 12.1 Å². The van der Waals surface area contributed by atoms with Crippen LogP contribution in [0.1, 0.15) is 0 Å². The summed E-state index contributed by atoms with van der Waals surface area (Å²) in [6, 6.07) is 16.0. The molecule has 3 rings (SSSR count). The van der Waals surface area contributed by atoms with Crippen molar-refractivity contribution in [3.63, 3.8) is 0 Å². The average Bonchev–Trinajstić information content (AvgIpc) is 2.73. The summed E-state index contributed by atoms with van der Waals surface area (Å²) >= 11 is 1.70. The number of halogens is 1. The topological polar surface area (TPSA) is 38.9 Å². The molecule has 17 heavy (non-hydrogen) atoms. The molecule has 0 amide bonds. The Morgan fingerprint density at radius 3 is 2.35 bits per heavy atom. The van der Waals surface area contributed by atoms with E-state index in [1.165, 1.54) is 4.70 Å². The molecule has 0 aliphatic rings. The van der Waals surface area contributed by atoms with Crippen LogP contribution in [0.4, 0.5) is 5.69 Å². The van der Waals surface area contributed by atoms with Crippen LogP contribution in [-0.2, 0) is 0 Å². The first-order valence-corrected chi connectivity index (χ1v) is 5.86. The molecular weight excluding hydrogens is 252 g/mol. The minimum atomic E-state index is 0. The van der Waals surface area contributed by atoms with Crippen LogP contribution in [0.3, 0.4) is 0 Å². The van der Waals surface area contributed by atoms with Gasteiger partial charge in [0.25, 0.3) is 0 Å². The van der Waals surface area contributed by atoms with E-state index in [-0.39, 0.29) is 12.4 Å². The normalized spacial score (nSPS) is 10.1. The maximum atomic E-state index is 5.66. The van der Waals surface area contributed by atoms with Crippen LogP contribution in [0, 0.1) is 0 Å². The van der Waals surface area contributed by atoms with Gasteiger partial charge in [-0.3, -0.25) is 0 Å². The van der Waals surface area contributed by atoms with Crippen molar-refractivity contribution in [2.24, 2.45) is 0 Å². The molecule has 2 nitrogen and oxygen atoms in total. The first-order chi connectivity index (χ1) is 7.83. The SMILES string of the molecule is Cl.Nc1ccc(-c2nc3ccccc3s2)cc1. The third-order valence-electron chi connectivity index (χ3n) is 2.45. The van der Waals surface area contributed by atoms with Crippen molar-refractivity contribution < 1.29 is 0 Å². The maximum Gasteiger partial charge on any atom is 0.124 e. The summed E-state index contributed by atoms with van der Waals surface area (Å²) in [5.74, 6) is 0. The first kappa shape index (κ1) is 11.9. The van der Waals surface area contributed by atoms with E-state index in [9.17, 15) is 0 Å². The lowest BCUT2D eigenvalue weighted by Gasteiger charge is -1.95. The fourth-order valence-corrected chi connectivity index (χ4v) is 2.59. The number of nitrogens with two attached hydrogens (primary N) is 1. The van der Waals surface area contributed by atoms with Crippen molar-refractivity contribution in [2.45, 2.75) is 0 Å². The van der Waals surface area contributed by atoms with Gasteiger partial charge in [0.2, 0.25) is 0 Å². The van der Waals surface area contributed by atoms with Crippen LogP contribution in [0.2, 0.25) is 0 Å². The molecule has 0 radical (unpaired) electrons. The van der Waals surface area contributed by atoms with Crippen molar-refractivity contribution in [3.8, 4) is 10.6 Å². The van der Waals surface area contributed by atoms with Crippen molar-refractivity contribution in [1.29, 1.82) is 0 Å². The monoisotopic (exact) mass is 262 g/mol. The van der Waals surface area contributed by atoms with E-state index in [1.807, 2.05) is 42.5 Å². The number of hydrogen-bond acceptors (Lipinski definition) is 3. The molecule has 0 saturated heterocycles. The number of thiazole rings is 1. The van der Waals surface area contributed by atoms with Gasteiger partial charge in [-0.2, -0.15) is 0 Å². The Labute approximate surface area is 110 Å². The van der Waals surface area contributed by atoms with Crippen LogP contribution < -0.4 is 5.73 Å². The molecule has 0 bridgehead atoms. The first-order valence-electron chi connectivity index (χ1n) is 5.04. The highest BCUT2D eigenvalue weighted by molar-refractivity contribution is 7.21. The second-order valence-corrected chi connectivity index (χ2v) is 4.64. The van der Waals surface area contributed by atoms with Crippen LogP contribution in [0.25, 0.3) is 20.8 Å². The highest BCUT2D eigenvalue weighted by atomic mass is 35.5. The molecule has 0 spiro atoms. The number of anilines is 1. The third-order valence-corrected chi connectivity index (χ3v) is 3.54. The molecule has 86 valence electrons. The van der Waals surface area contributed by atoms with Crippen molar-refractivity contribution in [3.05, 3.63) is 48.5 Å². The van der Waals surface area contributed by atoms with Gasteiger partial charge in [0.05, 0.1) is 10.2 Å². The fourth-order valence-electron chi connectivity index (χ4n) is 1.62. The Hall–Kier alpha value is -1.58. The van der Waals surface area contributed by atoms with E-state index in [0.29, 0.717) is 0 Å². The molecule has 0 aliphatic carbocycles. The van der Waals surface area contributed by atoms with Gasteiger partial charge >= 0.3 is 0 Å². The van der Waals surface area contributed by atoms with E-state index in [1.54, 1.807) is 11.3 Å². The highest BCUT2D eigenvalue weighted by Crippen LogP contribution is 2.30. The lowest BCUT2D eigenvalue weighted by Crippen LogP contribution is -1.83. The molecule has 0 aliphatic heterocycles. The Bertz CT molecular complexity index is 598. The highest BCUT2D eigenvalue weighted by Gasteiger charge is 2.04. The summed E-state index contributed by atoms with van der Waals surface area (Å²) in [4.78, 5) is 4.59. The summed E-state index contributed by atoms with van der Waals surface area (Å²) in [6.45, 7) is 0. The van der Waals surface area contributed by atoms with E-state index >= 15 is 0 Å². The zero-order chi connectivity index (χ0) is 11.0. The summed E-state index contributed by atoms with van der Waals surface area (Å²) in [5, 5.41) is 1.04. The predicted molar refractivity (Wildman–Crippen MR) is 76.7 cm³/mol. The molecule has 2 aromatic carbocycles. The zero-order valence-corrected chi connectivity index (χ0v) is 10.6. The maximum absolute atomic E-state index is 5.66. The van der Waals surface area contributed by atoms with Crippen molar-refractivity contribution >= 4 is 39.6 Å². The third kappa shape index (κ3) is 2.25. The summed E-state index contributed by atoms with van der Waals surface area (Å²) < 4.78 is 1.22. The number of rotatable bonds is 1. The quantitative estimate of drug-likeness (QED) is 0.674. The molecule has 0 unspecified atom stereocenters. The number of aromatic nitrogens is 1. The number of benzene rings is 2. The van der Waals surface area contributed by atoms with Crippen molar-refractivity contribution in [2.75, 3.05) is 5.73 Å². The summed E-state index contributed by atoms with van der Waals surface area (Å²) in [7, 11) is 0. The zero-order valence-electron chi connectivity index (χ0n) is 8.96. The van der Waals surface area contributed by atoms with Crippen molar-refractivity contribution in [1.82, 2.24) is 4.98 Å².